The summed E-state index contributed by atoms with van der Waals surface area (Å²) in [7, 11) is 1.66. The first-order chi connectivity index (χ1) is 17.1. The number of aromatic nitrogens is 2. The smallest absolute Gasteiger partial charge is 0.234 e. The first kappa shape index (κ1) is 23.6. The Balaban J connectivity index is 1.40. The number of methoxy groups -OCH3 is 1. The van der Waals surface area contributed by atoms with Gasteiger partial charge in [-0.05, 0) is 36.5 Å². The summed E-state index contributed by atoms with van der Waals surface area (Å²) in [6.45, 7) is 1.87. The molecule has 35 heavy (non-hydrogen) atoms. The van der Waals surface area contributed by atoms with Gasteiger partial charge in [0.25, 0.3) is 0 Å². The van der Waals surface area contributed by atoms with Gasteiger partial charge in [0, 0.05) is 44.1 Å². The maximum absolute atomic E-state index is 12.3. The van der Waals surface area contributed by atoms with Crippen molar-refractivity contribution in [1.29, 1.82) is 0 Å². The number of ether oxygens (including phenoxy) is 5. The second-order valence-electron chi connectivity index (χ2n) is 8.72. The molecule has 0 radical (unpaired) electrons. The Morgan fingerprint density at radius 2 is 1.94 bits per heavy atom. The molecule has 1 aliphatic carbocycles. The van der Waals surface area contributed by atoms with Gasteiger partial charge in [-0.15, -0.1) is 0 Å². The first-order valence-corrected chi connectivity index (χ1v) is 12.2. The molecule has 0 N–H and O–H groups in total. The minimum atomic E-state index is 0.217. The molecule has 1 aromatic heterocycles. The van der Waals surface area contributed by atoms with Crippen molar-refractivity contribution >= 4 is 28.3 Å². The molecule has 0 amide bonds. The lowest BCUT2D eigenvalue weighted by molar-refractivity contribution is -0.118. The Bertz CT molecular complexity index is 1230. The van der Waals surface area contributed by atoms with Crippen LogP contribution in [-0.4, -0.2) is 49.3 Å². The van der Waals surface area contributed by atoms with E-state index < -0.39 is 0 Å². The normalized spacial score (nSPS) is 14.7. The van der Waals surface area contributed by atoms with Crippen LogP contribution in [0.25, 0.3) is 10.9 Å². The molecule has 9 heteroatoms. The minimum Gasteiger partial charge on any atom is -0.489 e. The number of benzene rings is 2. The van der Waals surface area contributed by atoms with Crippen molar-refractivity contribution < 1.29 is 28.5 Å². The second kappa shape index (κ2) is 10.7. The summed E-state index contributed by atoms with van der Waals surface area (Å²) in [5, 5.41) is 1.07. The number of Topliss-reactive ketones (excluding diaryl/α,β-unsaturated/α-hetero) is 1. The molecule has 0 spiro atoms. The van der Waals surface area contributed by atoms with Gasteiger partial charge >= 0.3 is 0 Å². The highest BCUT2D eigenvalue weighted by Gasteiger charge is 2.26. The summed E-state index contributed by atoms with van der Waals surface area (Å²) in [4.78, 5) is 21.0. The van der Waals surface area contributed by atoms with Gasteiger partial charge in [-0.1, -0.05) is 17.7 Å². The van der Waals surface area contributed by atoms with E-state index >= 15 is 0 Å². The Hall–Kier alpha value is -3.10. The monoisotopic (exact) mass is 498 g/mol. The predicted molar refractivity (Wildman–Crippen MR) is 130 cm³/mol. The fourth-order valence-corrected chi connectivity index (χ4v) is 4.26. The summed E-state index contributed by atoms with van der Waals surface area (Å²) >= 11 is 6.48. The number of halogens is 1. The van der Waals surface area contributed by atoms with Crippen molar-refractivity contribution in [2.24, 2.45) is 5.92 Å². The van der Waals surface area contributed by atoms with Crippen molar-refractivity contribution in [2.75, 3.05) is 33.5 Å². The van der Waals surface area contributed by atoms with Crippen LogP contribution in [0, 0.1) is 5.92 Å². The third-order valence-electron chi connectivity index (χ3n) is 5.93. The van der Waals surface area contributed by atoms with E-state index in [0.29, 0.717) is 90.0 Å². The molecule has 2 heterocycles. The zero-order chi connectivity index (χ0) is 24.2. The fourth-order valence-electron chi connectivity index (χ4n) is 4.03. The van der Waals surface area contributed by atoms with Gasteiger partial charge in [-0.2, -0.15) is 0 Å². The van der Waals surface area contributed by atoms with Gasteiger partial charge in [0.1, 0.15) is 36.5 Å². The van der Waals surface area contributed by atoms with Crippen LogP contribution >= 0.6 is 11.6 Å². The topological polar surface area (TPSA) is 89.0 Å². The van der Waals surface area contributed by atoms with E-state index in [4.69, 9.17) is 35.3 Å². The molecular weight excluding hydrogens is 472 g/mol. The van der Waals surface area contributed by atoms with Crippen LogP contribution in [0.5, 0.6) is 28.9 Å². The lowest BCUT2D eigenvalue weighted by Crippen LogP contribution is -2.17. The molecule has 3 aromatic rings. The molecule has 1 saturated carbocycles. The minimum absolute atomic E-state index is 0.217. The Labute approximate surface area is 208 Å². The van der Waals surface area contributed by atoms with E-state index in [1.807, 2.05) is 6.07 Å². The SMILES string of the molecule is COCCCOc1cc2ncnc(Oc3ccc(CC(=O)CC4CC4)c(Cl)c3)c2c2c1OCCO2. The highest BCUT2D eigenvalue weighted by Crippen LogP contribution is 2.48. The zero-order valence-corrected chi connectivity index (χ0v) is 20.3. The van der Waals surface area contributed by atoms with Crippen molar-refractivity contribution in [1.82, 2.24) is 9.97 Å². The van der Waals surface area contributed by atoms with Crippen LogP contribution in [0.15, 0.2) is 30.6 Å². The lowest BCUT2D eigenvalue weighted by Gasteiger charge is -2.23. The molecule has 8 nitrogen and oxygen atoms in total. The second-order valence-corrected chi connectivity index (χ2v) is 9.12. The number of ketones is 1. The number of carbonyl (C=O) groups is 1. The van der Waals surface area contributed by atoms with E-state index in [0.717, 1.165) is 24.8 Å². The molecular formula is C26H27ClN2O6. The van der Waals surface area contributed by atoms with Crippen LogP contribution in [0.2, 0.25) is 5.02 Å². The Morgan fingerprint density at radius 3 is 2.71 bits per heavy atom. The molecule has 0 unspecified atom stereocenters. The van der Waals surface area contributed by atoms with Crippen LogP contribution in [0.3, 0.4) is 0 Å². The van der Waals surface area contributed by atoms with Gasteiger partial charge in [-0.25, -0.2) is 9.97 Å². The average molecular weight is 499 g/mol. The maximum atomic E-state index is 12.3. The van der Waals surface area contributed by atoms with Gasteiger partial charge in [0.15, 0.2) is 11.5 Å². The molecule has 184 valence electrons. The van der Waals surface area contributed by atoms with E-state index in [-0.39, 0.29) is 5.78 Å². The van der Waals surface area contributed by atoms with Gasteiger partial charge in [0.05, 0.1) is 12.1 Å². The third kappa shape index (κ3) is 5.60. The number of rotatable bonds is 11. The highest BCUT2D eigenvalue weighted by molar-refractivity contribution is 6.31. The highest BCUT2D eigenvalue weighted by atomic mass is 35.5. The number of carbonyl (C=O) groups excluding carboxylic acids is 1. The Morgan fingerprint density at radius 1 is 1.11 bits per heavy atom. The van der Waals surface area contributed by atoms with Gasteiger partial charge in [0.2, 0.25) is 11.6 Å². The van der Waals surface area contributed by atoms with Crippen molar-refractivity contribution in [3.05, 3.63) is 41.2 Å². The number of hydrogen-bond donors (Lipinski definition) is 0. The maximum Gasteiger partial charge on any atom is 0.234 e. The van der Waals surface area contributed by atoms with E-state index in [1.54, 1.807) is 25.3 Å². The largest absolute Gasteiger partial charge is 0.489 e. The van der Waals surface area contributed by atoms with E-state index in [2.05, 4.69) is 9.97 Å². The van der Waals surface area contributed by atoms with E-state index in [9.17, 15) is 4.79 Å². The standard InChI is InChI=1S/C26H27ClN2O6/c1-31-7-2-8-32-22-14-21-23(25-24(22)33-9-10-34-25)26(29-15-28-21)35-19-6-5-17(20(27)13-19)12-18(30)11-16-3-4-16/h5-6,13-16H,2-4,7-12H2,1H3. The van der Waals surface area contributed by atoms with E-state index in [1.165, 1.54) is 6.33 Å². The van der Waals surface area contributed by atoms with Crippen molar-refractivity contribution in [2.45, 2.75) is 32.1 Å². The summed E-state index contributed by atoms with van der Waals surface area (Å²) in [5.74, 6) is 3.13. The van der Waals surface area contributed by atoms with Crippen LogP contribution in [0.1, 0.15) is 31.2 Å². The Kier molecular flexibility index (Phi) is 7.20. The molecule has 0 bridgehead atoms. The van der Waals surface area contributed by atoms with Gasteiger partial charge < -0.3 is 23.7 Å². The van der Waals surface area contributed by atoms with Crippen molar-refractivity contribution in [3.63, 3.8) is 0 Å². The zero-order valence-electron chi connectivity index (χ0n) is 19.5. The predicted octanol–water partition coefficient (Wildman–Crippen LogP) is 5.17. The fraction of sp³-hybridized carbons (Fsp3) is 0.423. The number of hydrogen-bond acceptors (Lipinski definition) is 8. The third-order valence-corrected chi connectivity index (χ3v) is 6.29. The molecule has 0 saturated heterocycles. The molecule has 2 aliphatic rings. The van der Waals surface area contributed by atoms with Crippen LogP contribution in [-0.2, 0) is 16.0 Å². The van der Waals surface area contributed by atoms with Crippen molar-refractivity contribution in [3.8, 4) is 28.9 Å². The summed E-state index contributed by atoms with van der Waals surface area (Å²) < 4.78 is 29.0. The van der Waals surface area contributed by atoms with Crippen LogP contribution in [0.4, 0.5) is 0 Å². The molecule has 1 fully saturated rings. The average Bonchev–Trinajstić information content (AvgIpc) is 3.67. The molecule has 0 atom stereocenters. The summed E-state index contributed by atoms with van der Waals surface area (Å²) in [5.41, 5.74) is 1.40. The quantitative estimate of drug-likeness (QED) is 0.334. The summed E-state index contributed by atoms with van der Waals surface area (Å²) in [6.07, 6.45) is 5.43. The number of fused-ring (bicyclic) bond motifs is 3. The lowest BCUT2D eigenvalue weighted by atomic mass is 10.0. The van der Waals surface area contributed by atoms with Gasteiger partial charge in [-0.3, -0.25) is 4.79 Å². The number of nitrogens with zero attached hydrogens (tertiary/aromatic N) is 2. The molecule has 1 aliphatic heterocycles. The molecule has 5 rings (SSSR count). The molecule has 2 aromatic carbocycles. The van der Waals surface area contributed by atoms with Crippen LogP contribution < -0.4 is 18.9 Å². The first-order valence-electron chi connectivity index (χ1n) is 11.8. The summed E-state index contributed by atoms with van der Waals surface area (Å²) in [6, 6.07) is 7.11.